The number of nitrogen functional groups attached to an aromatic ring is 1. The quantitative estimate of drug-likeness (QED) is 0.434. The van der Waals surface area contributed by atoms with Crippen LogP contribution >= 0.6 is 0 Å². The molecule has 4 N–H and O–H groups in total. The predicted octanol–water partition coefficient (Wildman–Crippen LogP) is 2.90. The van der Waals surface area contributed by atoms with Gasteiger partial charge in [-0.3, -0.25) is 0 Å². The molecule has 0 aliphatic rings. The van der Waals surface area contributed by atoms with Crippen LogP contribution in [0.5, 0.6) is 0 Å². The average Bonchev–Trinajstić information content (AvgIpc) is 3.08. The third-order valence-electron chi connectivity index (χ3n) is 4.36. The molecule has 0 aromatic carbocycles. The first kappa shape index (κ1) is 16.6. The van der Waals surface area contributed by atoms with Crippen LogP contribution in [0.4, 0.5) is 5.82 Å². The number of aromatic nitrogens is 4. The highest BCUT2D eigenvalue weighted by molar-refractivity contribution is 6.03. The zero-order valence-electron chi connectivity index (χ0n) is 14.2. The van der Waals surface area contributed by atoms with Crippen molar-refractivity contribution >= 4 is 27.9 Å². The van der Waals surface area contributed by atoms with Gasteiger partial charge in [0, 0.05) is 12.2 Å². The van der Waals surface area contributed by atoms with Crippen LogP contribution in [0.2, 0.25) is 0 Å². The Morgan fingerprint density at radius 3 is 2.88 bits per heavy atom. The highest BCUT2D eigenvalue weighted by Gasteiger charge is 2.12. The van der Waals surface area contributed by atoms with Gasteiger partial charge in [0.2, 0.25) is 0 Å². The number of anilines is 1. The van der Waals surface area contributed by atoms with E-state index in [0.717, 1.165) is 35.9 Å². The minimum absolute atomic E-state index is 0.425. The summed E-state index contributed by atoms with van der Waals surface area (Å²) in [7, 11) is 1.65. The van der Waals surface area contributed by atoms with Gasteiger partial charge >= 0.3 is 0 Å². The lowest BCUT2D eigenvalue weighted by atomic mass is 9.99. The van der Waals surface area contributed by atoms with Gasteiger partial charge in [0.15, 0.2) is 5.82 Å². The molecule has 7 nitrogen and oxygen atoms in total. The third-order valence-corrected chi connectivity index (χ3v) is 4.36. The van der Waals surface area contributed by atoms with Crippen molar-refractivity contribution in [1.29, 1.82) is 0 Å². The molecular weight excluding hydrogens is 304 g/mol. The highest BCUT2D eigenvalue weighted by Crippen LogP contribution is 2.27. The first-order chi connectivity index (χ1) is 11.7. The van der Waals surface area contributed by atoms with E-state index in [1.165, 1.54) is 24.9 Å². The summed E-state index contributed by atoms with van der Waals surface area (Å²) in [5, 5.41) is 0. The molecule has 7 heteroatoms. The fraction of sp³-hybridized carbons (Fsp3) is 0.471. The molecule has 0 radical (unpaired) electrons. The lowest BCUT2D eigenvalue weighted by molar-refractivity contribution is 0.0904. The van der Waals surface area contributed by atoms with Gasteiger partial charge in [-0.2, -0.15) is 0 Å². The second kappa shape index (κ2) is 7.55. The lowest BCUT2D eigenvalue weighted by Crippen LogP contribution is -2.12. The number of H-pyrrole nitrogens is 1. The first-order valence-electron chi connectivity index (χ1n) is 8.35. The number of hydroxylamine groups is 1. The molecule has 24 heavy (non-hydrogen) atoms. The van der Waals surface area contributed by atoms with Crippen molar-refractivity contribution in [1.82, 2.24) is 25.4 Å². The van der Waals surface area contributed by atoms with Crippen molar-refractivity contribution in [2.24, 2.45) is 0 Å². The number of nitrogens with one attached hydrogen (secondary N) is 2. The van der Waals surface area contributed by atoms with Crippen LogP contribution in [0.15, 0.2) is 18.5 Å². The zero-order valence-corrected chi connectivity index (χ0v) is 14.2. The number of nitrogens with two attached hydrogens (primary N) is 1. The summed E-state index contributed by atoms with van der Waals surface area (Å²) < 4.78 is 0. The molecule has 3 heterocycles. The second-order valence-corrected chi connectivity index (χ2v) is 6.09. The van der Waals surface area contributed by atoms with Gasteiger partial charge in [0.1, 0.15) is 17.4 Å². The van der Waals surface area contributed by atoms with E-state index in [4.69, 9.17) is 10.6 Å². The van der Waals surface area contributed by atoms with Crippen LogP contribution in [0.25, 0.3) is 22.1 Å². The highest BCUT2D eigenvalue weighted by atomic mass is 16.6. The maximum absolute atomic E-state index is 5.94. The Hall–Kier alpha value is -2.25. The number of fused-ring (bicyclic) bond motifs is 3. The summed E-state index contributed by atoms with van der Waals surface area (Å²) >= 11 is 0. The monoisotopic (exact) mass is 328 g/mol. The van der Waals surface area contributed by atoms with E-state index in [0.29, 0.717) is 17.3 Å². The molecule has 0 aliphatic carbocycles. The molecule has 1 atom stereocenters. The summed E-state index contributed by atoms with van der Waals surface area (Å²) in [6.45, 7) is 3.14. The van der Waals surface area contributed by atoms with Gasteiger partial charge in [0.05, 0.1) is 18.1 Å². The number of rotatable bonds is 8. The van der Waals surface area contributed by atoms with E-state index in [2.05, 4.69) is 38.4 Å². The van der Waals surface area contributed by atoms with Crippen molar-refractivity contribution in [3.63, 3.8) is 0 Å². The van der Waals surface area contributed by atoms with Crippen LogP contribution in [0.1, 0.15) is 44.2 Å². The van der Waals surface area contributed by atoms with Crippen LogP contribution in [0.3, 0.4) is 0 Å². The summed E-state index contributed by atoms with van der Waals surface area (Å²) in [6, 6.07) is 4.10. The van der Waals surface area contributed by atoms with Crippen molar-refractivity contribution in [3.8, 4) is 0 Å². The minimum Gasteiger partial charge on any atom is -0.382 e. The van der Waals surface area contributed by atoms with E-state index in [-0.39, 0.29) is 0 Å². The summed E-state index contributed by atoms with van der Waals surface area (Å²) in [5.74, 6) is 0.870. The molecule has 0 amide bonds. The molecule has 128 valence electrons. The molecule has 0 bridgehead atoms. The summed E-state index contributed by atoms with van der Waals surface area (Å²) in [6.07, 6.45) is 6.15. The predicted molar refractivity (Wildman–Crippen MR) is 95.5 cm³/mol. The van der Waals surface area contributed by atoms with Gasteiger partial charge in [-0.05, 0) is 30.9 Å². The van der Waals surface area contributed by atoms with Crippen molar-refractivity contribution < 1.29 is 4.84 Å². The Bertz CT molecular complexity index is 815. The van der Waals surface area contributed by atoms with Crippen LogP contribution in [-0.4, -0.2) is 33.6 Å². The van der Waals surface area contributed by atoms with Crippen molar-refractivity contribution in [2.75, 3.05) is 19.4 Å². The van der Waals surface area contributed by atoms with Gasteiger partial charge in [-0.1, -0.05) is 19.8 Å². The normalized spacial score (nSPS) is 12.9. The number of unbranched alkanes of at least 4 members (excludes halogenated alkanes) is 2. The van der Waals surface area contributed by atoms with Gasteiger partial charge in [0.25, 0.3) is 0 Å². The van der Waals surface area contributed by atoms with Gasteiger partial charge in [-0.25, -0.2) is 20.4 Å². The van der Waals surface area contributed by atoms with Crippen molar-refractivity contribution in [2.45, 2.75) is 38.5 Å². The molecule has 3 aromatic rings. The Morgan fingerprint density at radius 2 is 2.04 bits per heavy atom. The largest absolute Gasteiger partial charge is 0.382 e. The zero-order chi connectivity index (χ0) is 16.9. The van der Waals surface area contributed by atoms with Crippen LogP contribution in [-0.2, 0) is 4.84 Å². The topological polar surface area (TPSA) is 102 Å². The van der Waals surface area contributed by atoms with Gasteiger partial charge < -0.3 is 15.6 Å². The summed E-state index contributed by atoms with van der Waals surface area (Å²) in [5.41, 5.74) is 13.2. The molecule has 0 spiro atoms. The fourth-order valence-electron chi connectivity index (χ4n) is 2.97. The molecular formula is C17H24N6O. The van der Waals surface area contributed by atoms with E-state index in [1.807, 2.05) is 6.07 Å². The van der Waals surface area contributed by atoms with Gasteiger partial charge in [-0.15, -0.1) is 0 Å². The SMILES string of the molecule is CONCCCCCC(C)c1ccc2nc(N)c3ncnc3c2[nH]1. The molecule has 1 unspecified atom stereocenters. The number of pyridine rings is 2. The molecule has 0 saturated heterocycles. The Balaban J connectivity index is 1.72. The Morgan fingerprint density at radius 1 is 1.21 bits per heavy atom. The van der Waals surface area contributed by atoms with E-state index < -0.39 is 0 Å². The van der Waals surface area contributed by atoms with E-state index in [1.54, 1.807) is 7.11 Å². The molecule has 0 saturated carbocycles. The third kappa shape index (κ3) is 3.47. The molecule has 0 fully saturated rings. The number of aromatic amines is 1. The lowest BCUT2D eigenvalue weighted by Gasteiger charge is -2.13. The molecule has 3 aromatic heterocycles. The number of nitrogens with zero attached hydrogens (tertiary/aromatic N) is 3. The maximum Gasteiger partial charge on any atom is 0.152 e. The fourth-order valence-corrected chi connectivity index (χ4v) is 2.97. The Labute approximate surface area is 141 Å². The second-order valence-electron chi connectivity index (χ2n) is 6.09. The van der Waals surface area contributed by atoms with Crippen molar-refractivity contribution in [3.05, 3.63) is 24.2 Å². The van der Waals surface area contributed by atoms with E-state index >= 15 is 0 Å². The number of imidazole rings is 1. The first-order valence-corrected chi connectivity index (χ1v) is 8.35. The van der Waals surface area contributed by atoms with Crippen LogP contribution < -0.4 is 11.2 Å². The van der Waals surface area contributed by atoms with Crippen LogP contribution in [0, 0.1) is 0 Å². The Kier molecular flexibility index (Phi) is 5.22. The van der Waals surface area contributed by atoms with E-state index in [9.17, 15) is 0 Å². The standard InChI is InChI=1S/C17H24N6O/c1-11(6-4-3-5-9-21-24-2)12-7-8-13-14(22-12)15-16(17(18)23-13)20-10-19-15/h7-8,10-11,21-22H,3-6,9H2,1-2H3,(H2,18,23). The minimum atomic E-state index is 0.425. The molecule has 0 aliphatic heterocycles. The maximum atomic E-state index is 5.94. The molecule has 3 rings (SSSR count). The number of hydrogen-bond acceptors (Lipinski definition) is 6. The number of hydrogen-bond donors (Lipinski definition) is 3. The average molecular weight is 328 g/mol. The smallest absolute Gasteiger partial charge is 0.152 e. The summed E-state index contributed by atoms with van der Waals surface area (Å²) in [4.78, 5) is 21.3.